The Balaban J connectivity index is 1.67. The fourth-order valence-electron chi connectivity index (χ4n) is 2.53. The molecule has 0 aliphatic carbocycles. The fourth-order valence-corrected chi connectivity index (χ4v) is 3.46. The Hall–Kier alpha value is -1.98. The van der Waals surface area contributed by atoms with Crippen molar-refractivity contribution in [3.05, 3.63) is 69.6 Å². The number of hydrogen-bond donors (Lipinski definition) is 0. The first-order valence-electron chi connectivity index (χ1n) is 7.79. The summed E-state index contributed by atoms with van der Waals surface area (Å²) in [6.45, 7) is 6.52. The first kappa shape index (κ1) is 15.9. The third-order valence-electron chi connectivity index (χ3n) is 3.66. The van der Waals surface area contributed by atoms with Gasteiger partial charge in [-0.05, 0) is 31.0 Å². The highest BCUT2D eigenvalue weighted by Crippen LogP contribution is 2.18. The van der Waals surface area contributed by atoms with Crippen LogP contribution >= 0.6 is 11.3 Å². The van der Waals surface area contributed by atoms with E-state index in [0.29, 0.717) is 18.3 Å². The summed E-state index contributed by atoms with van der Waals surface area (Å²) in [7, 11) is 0. The zero-order chi connectivity index (χ0) is 16.1. The standard InChI is InChI=1S/C18H21N3OS/c1-14-8-9-17(23-14)12-21(13-18-20-19-15(2)22-18)11-10-16-6-4-3-5-7-16/h3-9H,10-13H2,1-2H3. The van der Waals surface area contributed by atoms with Gasteiger partial charge >= 0.3 is 0 Å². The molecule has 0 N–H and O–H groups in total. The lowest BCUT2D eigenvalue weighted by Gasteiger charge is -2.19. The van der Waals surface area contributed by atoms with Crippen molar-refractivity contribution in [2.75, 3.05) is 6.54 Å². The molecule has 0 aliphatic rings. The monoisotopic (exact) mass is 327 g/mol. The van der Waals surface area contributed by atoms with Crippen LogP contribution < -0.4 is 0 Å². The van der Waals surface area contributed by atoms with Crippen LogP contribution in [0.15, 0.2) is 46.9 Å². The molecule has 0 amide bonds. The van der Waals surface area contributed by atoms with Gasteiger partial charge in [0.15, 0.2) is 0 Å². The molecule has 0 fully saturated rings. The van der Waals surface area contributed by atoms with Crippen LogP contribution in [0.3, 0.4) is 0 Å². The highest BCUT2D eigenvalue weighted by Gasteiger charge is 2.12. The van der Waals surface area contributed by atoms with Gasteiger partial charge < -0.3 is 4.42 Å². The van der Waals surface area contributed by atoms with Crippen LogP contribution in [0.1, 0.15) is 27.1 Å². The molecule has 3 aromatic rings. The fraction of sp³-hybridized carbons (Fsp3) is 0.333. The van der Waals surface area contributed by atoms with Gasteiger partial charge in [0.1, 0.15) is 0 Å². The highest BCUT2D eigenvalue weighted by atomic mass is 32.1. The molecule has 1 aromatic carbocycles. The van der Waals surface area contributed by atoms with Crippen molar-refractivity contribution in [3.8, 4) is 0 Å². The number of hydrogen-bond acceptors (Lipinski definition) is 5. The Morgan fingerprint density at radius 1 is 1.00 bits per heavy atom. The number of nitrogens with zero attached hydrogens (tertiary/aromatic N) is 3. The maximum atomic E-state index is 5.55. The van der Waals surface area contributed by atoms with Crippen LogP contribution in [0.25, 0.3) is 0 Å². The second-order valence-corrected chi connectivity index (χ2v) is 7.05. The minimum absolute atomic E-state index is 0.620. The van der Waals surface area contributed by atoms with E-state index in [1.165, 1.54) is 15.3 Å². The smallest absolute Gasteiger partial charge is 0.230 e. The van der Waals surface area contributed by atoms with Gasteiger partial charge in [0, 0.05) is 29.8 Å². The first-order chi connectivity index (χ1) is 11.2. The van der Waals surface area contributed by atoms with Crippen LogP contribution in [0.5, 0.6) is 0 Å². The summed E-state index contributed by atoms with van der Waals surface area (Å²) in [4.78, 5) is 5.08. The summed E-state index contributed by atoms with van der Waals surface area (Å²) < 4.78 is 5.55. The van der Waals surface area contributed by atoms with E-state index in [4.69, 9.17) is 4.42 Å². The van der Waals surface area contributed by atoms with Crippen molar-refractivity contribution in [1.29, 1.82) is 0 Å². The molecule has 2 aromatic heterocycles. The van der Waals surface area contributed by atoms with E-state index in [2.05, 4.69) is 64.5 Å². The topological polar surface area (TPSA) is 42.2 Å². The molecule has 0 aliphatic heterocycles. The van der Waals surface area contributed by atoms with Crippen LogP contribution in [0.2, 0.25) is 0 Å². The predicted octanol–water partition coefficient (Wildman–Crippen LogP) is 3.99. The molecule has 5 heteroatoms. The van der Waals surface area contributed by atoms with Gasteiger partial charge in [-0.1, -0.05) is 30.3 Å². The number of aryl methyl sites for hydroxylation is 2. The minimum Gasteiger partial charge on any atom is -0.424 e. The molecule has 0 unspecified atom stereocenters. The Morgan fingerprint density at radius 2 is 1.83 bits per heavy atom. The lowest BCUT2D eigenvalue weighted by molar-refractivity contribution is 0.233. The molecule has 2 heterocycles. The summed E-state index contributed by atoms with van der Waals surface area (Å²) >= 11 is 1.85. The maximum absolute atomic E-state index is 5.55. The summed E-state index contributed by atoms with van der Waals surface area (Å²) in [6.07, 6.45) is 1.01. The van der Waals surface area contributed by atoms with Crippen LogP contribution in [0.4, 0.5) is 0 Å². The van der Waals surface area contributed by atoms with Gasteiger partial charge in [-0.25, -0.2) is 0 Å². The molecular formula is C18H21N3OS. The Bertz CT molecular complexity index is 693. The second-order valence-electron chi connectivity index (χ2n) is 5.67. The summed E-state index contributed by atoms with van der Waals surface area (Å²) in [6, 6.07) is 14.9. The molecule has 0 atom stereocenters. The molecular weight excluding hydrogens is 306 g/mol. The molecule has 0 saturated heterocycles. The molecule has 0 saturated carbocycles. The van der Waals surface area contributed by atoms with Crippen LogP contribution in [0, 0.1) is 13.8 Å². The number of thiophene rings is 1. The number of rotatable bonds is 7. The van der Waals surface area contributed by atoms with E-state index in [0.717, 1.165) is 19.5 Å². The van der Waals surface area contributed by atoms with Crippen molar-refractivity contribution in [1.82, 2.24) is 15.1 Å². The molecule has 3 rings (SSSR count). The quantitative estimate of drug-likeness (QED) is 0.658. The van der Waals surface area contributed by atoms with E-state index in [-0.39, 0.29) is 0 Å². The van der Waals surface area contributed by atoms with Crippen molar-refractivity contribution in [2.24, 2.45) is 0 Å². The normalized spacial score (nSPS) is 11.3. The van der Waals surface area contributed by atoms with E-state index in [9.17, 15) is 0 Å². The average Bonchev–Trinajstić information content (AvgIpc) is 3.14. The largest absolute Gasteiger partial charge is 0.424 e. The highest BCUT2D eigenvalue weighted by molar-refractivity contribution is 7.11. The van der Waals surface area contributed by atoms with E-state index < -0.39 is 0 Å². The van der Waals surface area contributed by atoms with Gasteiger partial charge in [0.2, 0.25) is 11.8 Å². The van der Waals surface area contributed by atoms with Crippen molar-refractivity contribution < 1.29 is 4.42 Å². The third kappa shape index (κ3) is 4.74. The van der Waals surface area contributed by atoms with Crippen LogP contribution in [-0.2, 0) is 19.5 Å². The summed E-state index contributed by atoms with van der Waals surface area (Å²) in [5, 5.41) is 8.06. The van der Waals surface area contributed by atoms with Gasteiger partial charge in [-0.3, -0.25) is 4.90 Å². The van der Waals surface area contributed by atoms with Gasteiger partial charge in [-0.2, -0.15) is 0 Å². The average molecular weight is 327 g/mol. The van der Waals surface area contributed by atoms with Gasteiger partial charge in [-0.15, -0.1) is 21.5 Å². The summed E-state index contributed by atoms with van der Waals surface area (Å²) in [5.74, 6) is 1.30. The number of aromatic nitrogens is 2. The summed E-state index contributed by atoms with van der Waals surface area (Å²) in [5.41, 5.74) is 1.35. The Kier molecular flexibility index (Phi) is 5.20. The molecule has 0 radical (unpaired) electrons. The second kappa shape index (κ2) is 7.53. The lowest BCUT2D eigenvalue weighted by Crippen LogP contribution is -2.25. The minimum atomic E-state index is 0.620. The SMILES string of the molecule is Cc1nnc(CN(CCc2ccccc2)Cc2ccc(C)s2)o1. The molecule has 120 valence electrons. The maximum Gasteiger partial charge on any atom is 0.230 e. The van der Waals surface area contributed by atoms with E-state index in [1.807, 2.05) is 18.3 Å². The van der Waals surface area contributed by atoms with Gasteiger partial charge in [0.05, 0.1) is 6.54 Å². The molecule has 4 nitrogen and oxygen atoms in total. The molecule has 23 heavy (non-hydrogen) atoms. The first-order valence-corrected chi connectivity index (χ1v) is 8.61. The van der Waals surface area contributed by atoms with Gasteiger partial charge in [0.25, 0.3) is 0 Å². The Labute approximate surface area is 140 Å². The van der Waals surface area contributed by atoms with E-state index in [1.54, 1.807) is 0 Å². The molecule has 0 spiro atoms. The van der Waals surface area contributed by atoms with Crippen molar-refractivity contribution >= 4 is 11.3 Å². The van der Waals surface area contributed by atoms with Crippen LogP contribution in [-0.4, -0.2) is 21.6 Å². The van der Waals surface area contributed by atoms with Crippen molar-refractivity contribution in [2.45, 2.75) is 33.4 Å². The predicted molar refractivity (Wildman–Crippen MR) is 92.4 cm³/mol. The lowest BCUT2D eigenvalue weighted by atomic mass is 10.1. The number of benzene rings is 1. The van der Waals surface area contributed by atoms with Crippen molar-refractivity contribution in [3.63, 3.8) is 0 Å². The zero-order valence-electron chi connectivity index (χ0n) is 13.5. The molecule has 0 bridgehead atoms. The van der Waals surface area contributed by atoms with E-state index >= 15 is 0 Å². The Morgan fingerprint density at radius 3 is 2.48 bits per heavy atom. The zero-order valence-corrected chi connectivity index (χ0v) is 14.3. The third-order valence-corrected chi connectivity index (χ3v) is 4.65.